The van der Waals surface area contributed by atoms with E-state index in [1.54, 1.807) is 0 Å². The molecule has 0 saturated heterocycles. The van der Waals surface area contributed by atoms with Gasteiger partial charge in [0.25, 0.3) is 0 Å². The van der Waals surface area contributed by atoms with Crippen LogP contribution in [0.2, 0.25) is 0 Å². The lowest BCUT2D eigenvalue weighted by Gasteiger charge is -2.16. The number of allylic oxidation sites excluding steroid dienone is 4. The van der Waals surface area contributed by atoms with E-state index in [4.69, 9.17) is 0 Å². The maximum atomic E-state index is 3.79. The molecule has 0 nitrogen and oxygen atoms in total. The van der Waals surface area contributed by atoms with Crippen molar-refractivity contribution in [1.29, 1.82) is 0 Å². The fraction of sp³-hybridized carbons (Fsp3) is 0.143. The van der Waals surface area contributed by atoms with Crippen molar-refractivity contribution in [2.75, 3.05) is 0 Å². The zero-order chi connectivity index (χ0) is 24.1. The number of fused-ring (bicyclic) bond motifs is 3. The molecule has 6 rings (SSSR count). The summed E-state index contributed by atoms with van der Waals surface area (Å²) >= 11 is 0. The predicted molar refractivity (Wildman–Crippen MR) is 149 cm³/mol. The maximum absolute atomic E-state index is 3.79. The first kappa shape index (κ1) is 21.6. The summed E-state index contributed by atoms with van der Waals surface area (Å²) in [5.74, 6) is 0. The van der Waals surface area contributed by atoms with Gasteiger partial charge in [0.15, 0.2) is 0 Å². The molecule has 0 amide bonds. The summed E-state index contributed by atoms with van der Waals surface area (Å²) in [5.41, 5.74) is 15.4. The molecule has 1 radical (unpaired) electrons. The molecule has 0 aliphatic heterocycles. The average Bonchev–Trinajstić information content (AvgIpc) is 3.50. The Morgan fingerprint density at radius 3 is 1.91 bits per heavy atom. The van der Waals surface area contributed by atoms with Crippen LogP contribution in [0.5, 0.6) is 0 Å². The maximum Gasteiger partial charge on any atom is -0.000732 e. The van der Waals surface area contributed by atoms with E-state index in [9.17, 15) is 0 Å². The second-order valence-corrected chi connectivity index (χ2v) is 9.95. The Balaban J connectivity index is 1.77. The molecule has 35 heavy (non-hydrogen) atoms. The molecule has 0 atom stereocenters. The number of rotatable bonds is 3. The zero-order valence-corrected chi connectivity index (χ0v) is 20.9. The number of benzene rings is 4. The summed E-state index contributed by atoms with van der Waals surface area (Å²) in [7, 11) is 0. The van der Waals surface area contributed by atoms with E-state index >= 15 is 0 Å². The Morgan fingerprint density at radius 1 is 0.686 bits per heavy atom. The molecule has 0 heteroatoms. The van der Waals surface area contributed by atoms with Crippen molar-refractivity contribution in [3.63, 3.8) is 0 Å². The van der Waals surface area contributed by atoms with Crippen LogP contribution >= 0.6 is 0 Å². The molecular weight excluding hydrogens is 420 g/mol. The lowest BCUT2D eigenvalue weighted by atomic mass is 9.87. The van der Waals surface area contributed by atoms with Crippen LogP contribution in [0, 0.1) is 27.7 Å². The number of hydrogen-bond donors (Lipinski definition) is 0. The van der Waals surface area contributed by atoms with E-state index in [1.165, 1.54) is 77.2 Å². The van der Waals surface area contributed by atoms with Gasteiger partial charge in [-0.05, 0) is 107 Å². The molecule has 0 spiro atoms. The van der Waals surface area contributed by atoms with E-state index in [-0.39, 0.29) is 0 Å². The average molecular weight is 450 g/mol. The fourth-order valence-electron chi connectivity index (χ4n) is 5.47. The largest absolute Gasteiger partial charge is 0.0801 e. The zero-order valence-electron chi connectivity index (χ0n) is 20.9. The molecule has 0 aromatic heterocycles. The van der Waals surface area contributed by atoms with E-state index < -0.39 is 0 Å². The van der Waals surface area contributed by atoms with Crippen molar-refractivity contribution in [2.24, 2.45) is 0 Å². The standard InChI is InChI=1S/C35H29/c1-22-9-14-27(15-10-22)35(28-16-11-23(2)12-17-28)31-21-32-30-18-13-24(3)19-29(30)20-33(32)34(25(31)4)26-7-5-6-8-26/h5-7,9-19,21H,8H2,1-4H3. The highest BCUT2D eigenvalue weighted by Gasteiger charge is 2.21. The Kier molecular flexibility index (Phi) is 5.19. The lowest BCUT2D eigenvalue weighted by molar-refractivity contribution is 1.29. The van der Waals surface area contributed by atoms with Gasteiger partial charge in [0.1, 0.15) is 0 Å². The van der Waals surface area contributed by atoms with Crippen LogP contribution in [-0.2, 0) is 0 Å². The molecule has 2 aliphatic rings. The first-order valence-corrected chi connectivity index (χ1v) is 12.4. The highest BCUT2D eigenvalue weighted by atomic mass is 14.2. The minimum Gasteiger partial charge on any atom is -0.0801 e. The molecule has 0 bridgehead atoms. The molecule has 0 saturated carbocycles. The minimum absolute atomic E-state index is 0.970. The van der Waals surface area contributed by atoms with Crippen LogP contribution in [0.25, 0.3) is 28.3 Å². The second kappa shape index (κ2) is 8.40. The van der Waals surface area contributed by atoms with Crippen LogP contribution in [0.3, 0.4) is 0 Å². The summed E-state index contributed by atoms with van der Waals surface area (Å²) < 4.78 is 0. The van der Waals surface area contributed by atoms with Crippen LogP contribution in [0.1, 0.15) is 50.9 Å². The molecule has 0 fully saturated rings. The van der Waals surface area contributed by atoms with Gasteiger partial charge >= 0.3 is 0 Å². The number of hydrogen-bond acceptors (Lipinski definition) is 0. The monoisotopic (exact) mass is 449 g/mol. The van der Waals surface area contributed by atoms with E-state index in [0.29, 0.717) is 0 Å². The Bertz CT molecular complexity index is 1610. The van der Waals surface area contributed by atoms with Gasteiger partial charge in [-0.3, -0.25) is 0 Å². The molecule has 0 heterocycles. The van der Waals surface area contributed by atoms with E-state index in [0.717, 1.165) is 6.42 Å². The van der Waals surface area contributed by atoms with Gasteiger partial charge in [-0.1, -0.05) is 102 Å². The van der Waals surface area contributed by atoms with Gasteiger partial charge < -0.3 is 0 Å². The van der Waals surface area contributed by atoms with Crippen LogP contribution in [-0.4, -0.2) is 0 Å². The summed E-state index contributed by atoms with van der Waals surface area (Å²) in [4.78, 5) is 0. The van der Waals surface area contributed by atoms with Crippen LogP contribution < -0.4 is 10.4 Å². The van der Waals surface area contributed by atoms with Gasteiger partial charge in [-0.2, -0.15) is 0 Å². The smallest absolute Gasteiger partial charge is 0.000732 e. The lowest BCUT2D eigenvalue weighted by Crippen LogP contribution is -2.23. The highest BCUT2D eigenvalue weighted by molar-refractivity contribution is 5.90. The van der Waals surface area contributed by atoms with E-state index in [2.05, 4.69) is 125 Å². The molecule has 0 unspecified atom stereocenters. The summed E-state index contributed by atoms with van der Waals surface area (Å²) in [5, 5.41) is 2.54. The van der Waals surface area contributed by atoms with Crippen molar-refractivity contribution in [3.8, 4) is 11.1 Å². The number of aryl methyl sites for hydroxylation is 3. The first-order valence-electron chi connectivity index (χ1n) is 12.4. The topological polar surface area (TPSA) is 0 Å². The Hall–Kier alpha value is -3.90. The quantitative estimate of drug-likeness (QED) is 0.273. The van der Waals surface area contributed by atoms with Crippen molar-refractivity contribution in [2.45, 2.75) is 34.1 Å². The van der Waals surface area contributed by atoms with Gasteiger partial charge in [0.05, 0.1) is 0 Å². The van der Waals surface area contributed by atoms with Crippen molar-refractivity contribution < 1.29 is 0 Å². The van der Waals surface area contributed by atoms with Crippen LogP contribution in [0.4, 0.5) is 0 Å². The third-order valence-corrected chi connectivity index (χ3v) is 7.35. The molecule has 4 aromatic carbocycles. The predicted octanol–water partition coefficient (Wildman–Crippen LogP) is 7.20. The summed E-state index contributed by atoms with van der Waals surface area (Å²) in [6.45, 7) is 8.76. The van der Waals surface area contributed by atoms with E-state index in [1.807, 2.05) is 0 Å². The molecule has 2 aliphatic carbocycles. The summed E-state index contributed by atoms with van der Waals surface area (Å²) in [6, 6.07) is 27.1. The van der Waals surface area contributed by atoms with Crippen molar-refractivity contribution in [1.82, 2.24) is 0 Å². The van der Waals surface area contributed by atoms with Gasteiger partial charge in [0.2, 0.25) is 0 Å². The SMILES string of the molecule is Cc1ccc(C(c2ccc(C)cc2)=c2cc3c(c(C4=CC=CC4)c2C)=[C]c2cc(C)ccc2-3)cc1. The molecular formula is C35H29. The van der Waals surface area contributed by atoms with Crippen molar-refractivity contribution in [3.05, 3.63) is 146 Å². The highest BCUT2D eigenvalue weighted by Crippen LogP contribution is 2.32. The van der Waals surface area contributed by atoms with Gasteiger partial charge in [-0.15, -0.1) is 0 Å². The normalized spacial score (nSPS) is 13.3. The molecule has 169 valence electrons. The summed E-state index contributed by atoms with van der Waals surface area (Å²) in [6.07, 6.45) is 11.5. The Morgan fingerprint density at radius 2 is 1.31 bits per heavy atom. The van der Waals surface area contributed by atoms with Gasteiger partial charge in [-0.25, -0.2) is 0 Å². The van der Waals surface area contributed by atoms with Gasteiger partial charge in [0, 0.05) is 0 Å². The van der Waals surface area contributed by atoms with Crippen LogP contribution in [0.15, 0.2) is 91.0 Å². The minimum atomic E-state index is 0.970. The fourth-order valence-corrected chi connectivity index (χ4v) is 5.47. The third kappa shape index (κ3) is 3.70. The molecule has 0 N–H and O–H groups in total. The third-order valence-electron chi connectivity index (χ3n) is 7.35. The van der Waals surface area contributed by atoms with Crippen molar-refractivity contribution >= 4 is 17.2 Å². The molecule has 4 aromatic rings. The Labute approximate surface area is 208 Å². The first-order chi connectivity index (χ1) is 17.0. The second-order valence-electron chi connectivity index (χ2n) is 9.95.